The zero-order valence-corrected chi connectivity index (χ0v) is 24.0. The van der Waals surface area contributed by atoms with Gasteiger partial charge < -0.3 is 24.4 Å². The molecule has 1 N–H and O–H groups in total. The Morgan fingerprint density at radius 2 is 1.71 bits per heavy atom. The Bertz CT molecular complexity index is 1240. The third kappa shape index (κ3) is 6.63. The monoisotopic (exact) mass is 576 g/mol. The summed E-state index contributed by atoms with van der Waals surface area (Å²) >= 11 is 0. The van der Waals surface area contributed by atoms with Crippen molar-refractivity contribution in [2.24, 2.45) is 11.8 Å². The van der Waals surface area contributed by atoms with Crippen molar-refractivity contribution in [1.82, 2.24) is 9.80 Å². The van der Waals surface area contributed by atoms with Crippen molar-refractivity contribution in [3.05, 3.63) is 59.2 Å². The fraction of sp³-hybridized carbons (Fsp3) is 0.548. The van der Waals surface area contributed by atoms with Crippen LogP contribution in [0.1, 0.15) is 60.5 Å². The molecule has 2 aromatic carbocycles. The Hall–Kier alpha value is -3.27. The Morgan fingerprint density at radius 3 is 2.29 bits per heavy atom. The third-order valence-corrected chi connectivity index (χ3v) is 8.18. The van der Waals surface area contributed by atoms with E-state index in [4.69, 9.17) is 9.47 Å². The first-order valence-corrected chi connectivity index (χ1v) is 14.1. The lowest BCUT2D eigenvalue weighted by molar-refractivity contribution is -0.262. The topological polar surface area (TPSA) is 79.3 Å². The van der Waals surface area contributed by atoms with Gasteiger partial charge in [-0.15, -0.1) is 0 Å². The summed E-state index contributed by atoms with van der Waals surface area (Å²) in [7, 11) is 3.43. The highest BCUT2D eigenvalue weighted by Gasteiger charge is 2.62. The second-order valence-electron chi connectivity index (χ2n) is 11.4. The van der Waals surface area contributed by atoms with Crippen LogP contribution in [0, 0.1) is 18.8 Å². The van der Waals surface area contributed by atoms with Crippen molar-refractivity contribution in [1.29, 1.82) is 0 Å². The molecule has 4 rings (SSSR count). The molecular formula is C31H39F3N2O5. The number of carbonyl (C=O) groups excluding carboxylic acids is 2. The number of piperidine rings is 1. The average molecular weight is 577 g/mol. The van der Waals surface area contributed by atoms with Crippen molar-refractivity contribution < 1.29 is 37.3 Å². The van der Waals surface area contributed by atoms with Crippen LogP contribution in [0.3, 0.4) is 0 Å². The first kappa shape index (κ1) is 30.7. The van der Waals surface area contributed by atoms with E-state index in [0.717, 1.165) is 47.6 Å². The van der Waals surface area contributed by atoms with Gasteiger partial charge in [-0.05, 0) is 93.7 Å². The van der Waals surface area contributed by atoms with Crippen LogP contribution in [0.5, 0.6) is 11.5 Å². The summed E-state index contributed by atoms with van der Waals surface area (Å²) in [6, 6.07) is 10.5. The molecule has 1 saturated carbocycles. The third-order valence-electron chi connectivity index (χ3n) is 8.18. The number of amides is 2. The summed E-state index contributed by atoms with van der Waals surface area (Å²) in [5.41, 5.74) is -2.68. The van der Waals surface area contributed by atoms with Crippen LogP contribution in [0.4, 0.5) is 13.2 Å². The van der Waals surface area contributed by atoms with Crippen LogP contribution in [0.25, 0.3) is 0 Å². The molecule has 2 fully saturated rings. The molecule has 10 heteroatoms. The van der Waals surface area contributed by atoms with E-state index in [1.54, 1.807) is 27.1 Å². The summed E-state index contributed by atoms with van der Waals surface area (Å²) < 4.78 is 53.8. The minimum atomic E-state index is -5.19. The van der Waals surface area contributed by atoms with E-state index >= 15 is 0 Å². The van der Waals surface area contributed by atoms with Gasteiger partial charge in [0.1, 0.15) is 11.5 Å². The van der Waals surface area contributed by atoms with E-state index in [1.807, 2.05) is 19.1 Å². The van der Waals surface area contributed by atoms with Gasteiger partial charge in [-0.3, -0.25) is 9.59 Å². The number of halogens is 3. The molecule has 7 nitrogen and oxygen atoms in total. The number of nitrogens with zero attached hydrogens (tertiary/aromatic N) is 2. The van der Waals surface area contributed by atoms with E-state index in [9.17, 15) is 27.9 Å². The van der Waals surface area contributed by atoms with Gasteiger partial charge >= 0.3 is 6.18 Å². The molecule has 2 amide bonds. The first-order chi connectivity index (χ1) is 19.3. The molecule has 224 valence electrons. The fourth-order valence-electron chi connectivity index (χ4n) is 5.80. The molecule has 1 aliphatic carbocycles. The number of hydrogen-bond acceptors (Lipinski definition) is 5. The van der Waals surface area contributed by atoms with Crippen LogP contribution in [0.2, 0.25) is 0 Å². The SMILES string of the molecule is CCOc1cccc([C@@](O)(C(=O)N2CCC(CC3CC(Oc4ccc(C(=O)N(C)C)c(C)c4)C3)CC2)C(F)(F)F)c1. The van der Waals surface area contributed by atoms with Crippen molar-refractivity contribution in [3.8, 4) is 11.5 Å². The molecule has 0 unspecified atom stereocenters. The zero-order valence-electron chi connectivity index (χ0n) is 24.0. The van der Waals surface area contributed by atoms with Gasteiger partial charge in [0.25, 0.3) is 17.4 Å². The molecular weight excluding hydrogens is 537 g/mol. The quantitative estimate of drug-likeness (QED) is 0.437. The van der Waals surface area contributed by atoms with Crippen LogP contribution in [-0.2, 0) is 10.4 Å². The van der Waals surface area contributed by atoms with Gasteiger partial charge in [0.05, 0.1) is 12.7 Å². The number of aryl methyl sites for hydroxylation is 1. The maximum Gasteiger partial charge on any atom is 0.430 e. The number of ether oxygens (including phenoxy) is 2. The molecule has 0 radical (unpaired) electrons. The van der Waals surface area contributed by atoms with E-state index in [0.29, 0.717) is 30.2 Å². The van der Waals surface area contributed by atoms with Gasteiger partial charge in [0, 0.05) is 38.3 Å². The smallest absolute Gasteiger partial charge is 0.430 e. The molecule has 2 aliphatic rings. The van der Waals surface area contributed by atoms with E-state index in [1.165, 1.54) is 17.0 Å². The van der Waals surface area contributed by atoms with E-state index in [2.05, 4.69) is 0 Å². The maximum absolute atomic E-state index is 14.1. The highest BCUT2D eigenvalue weighted by atomic mass is 19.4. The number of rotatable bonds is 9. The normalized spacial score (nSPS) is 21.0. The van der Waals surface area contributed by atoms with Crippen molar-refractivity contribution in [3.63, 3.8) is 0 Å². The van der Waals surface area contributed by atoms with Crippen molar-refractivity contribution in [2.45, 2.75) is 63.8 Å². The number of benzene rings is 2. The highest BCUT2D eigenvalue weighted by Crippen LogP contribution is 2.43. The summed E-state index contributed by atoms with van der Waals surface area (Å²) in [4.78, 5) is 28.1. The molecule has 1 saturated heterocycles. The largest absolute Gasteiger partial charge is 0.494 e. The molecule has 0 spiro atoms. The van der Waals surface area contributed by atoms with Gasteiger partial charge in [-0.1, -0.05) is 12.1 Å². The fourth-order valence-corrected chi connectivity index (χ4v) is 5.80. The minimum absolute atomic E-state index is 0.0515. The van der Waals surface area contributed by atoms with Gasteiger partial charge in [-0.2, -0.15) is 13.2 Å². The zero-order chi connectivity index (χ0) is 29.9. The summed E-state index contributed by atoms with van der Waals surface area (Å²) in [5, 5.41) is 10.8. The molecule has 1 atom stereocenters. The Morgan fingerprint density at radius 1 is 1.02 bits per heavy atom. The predicted molar refractivity (Wildman–Crippen MR) is 148 cm³/mol. The molecule has 41 heavy (non-hydrogen) atoms. The second-order valence-corrected chi connectivity index (χ2v) is 11.4. The lowest BCUT2D eigenvalue weighted by atomic mass is 9.74. The van der Waals surface area contributed by atoms with E-state index in [-0.39, 0.29) is 37.5 Å². The van der Waals surface area contributed by atoms with Gasteiger partial charge in [-0.25, -0.2) is 0 Å². The number of alkyl halides is 3. The number of likely N-dealkylation sites (tertiary alicyclic amines) is 1. The van der Waals surface area contributed by atoms with Crippen LogP contribution >= 0.6 is 0 Å². The standard InChI is InChI=1S/C31H39F3N2O5/c1-5-40-24-8-6-7-23(19-24)30(39,31(32,33)34)29(38)36-13-11-21(12-14-36)16-22-17-26(18-22)41-25-9-10-27(20(2)15-25)28(37)35(3)4/h6-10,15,19,21-22,26,39H,5,11-14,16-18H2,1-4H3/t22?,26?,30-/m1/s1. The molecule has 0 aromatic heterocycles. The van der Waals surface area contributed by atoms with Crippen LogP contribution < -0.4 is 9.47 Å². The predicted octanol–water partition coefficient (Wildman–Crippen LogP) is 5.33. The summed E-state index contributed by atoms with van der Waals surface area (Å²) in [6.07, 6.45) is -1.22. The van der Waals surface area contributed by atoms with Crippen LogP contribution in [-0.4, -0.2) is 72.8 Å². The second kappa shape index (κ2) is 12.3. The Kier molecular flexibility index (Phi) is 9.21. The lowest BCUT2D eigenvalue weighted by Crippen LogP contribution is -2.57. The molecule has 1 aliphatic heterocycles. The van der Waals surface area contributed by atoms with Crippen molar-refractivity contribution >= 4 is 11.8 Å². The Balaban J connectivity index is 1.28. The van der Waals surface area contributed by atoms with Crippen molar-refractivity contribution in [2.75, 3.05) is 33.8 Å². The molecule has 0 bridgehead atoms. The lowest BCUT2D eigenvalue weighted by Gasteiger charge is -2.41. The maximum atomic E-state index is 14.1. The average Bonchev–Trinajstić information content (AvgIpc) is 2.90. The summed E-state index contributed by atoms with van der Waals surface area (Å²) in [5.74, 6) is 0.248. The first-order valence-electron chi connectivity index (χ1n) is 14.1. The highest BCUT2D eigenvalue weighted by molar-refractivity contribution is 5.95. The number of aliphatic hydroxyl groups is 1. The number of hydrogen-bond donors (Lipinski definition) is 1. The molecule has 1 heterocycles. The van der Waals surface area contributed by atoms with E-state index < -0.39 is 23.2 Å². The number of carbonyl (C=O) groups is 2. The Labute approximate surface area is 239 Å². The minimum Gasteiger partial charge on any atom is -0.494 e. The molecule has 2 aromatic rings. The van der Waals surface area contributed by atoms with Gasteiger partial charge in [0.2, 0.25) is 0 Å². The summed E-state index contributed by atoms with van der Waals surface area (Å²) in [6.45, 7) is 4.16. The van der Waals surface area contributed by atoms with Gasteiger partial charge in [0.15, 0.2) is 0 Å². The van der Waals surface area contributed by atoms with Crippen LogP contribution in [0.15, 0.2) is 42.5 Å².